The van der Waals surface area contributed by atoms with Crippen molar-refractivity contribution < 1.29 is 0 Å². The Bertz CT molecular complexity index is 356. The number of anilines is 1. The summed E-state index contributed by atoms with van der Waals surface area (Å²) in [7, 11) is 0. The maximum absolute atomic E-state index is 6.14. The Morgan fingerprint density at radius 3 is 2.44 bits per heavy atom. The standard InChI is InChI=1S/C12H22N4/c1-12(2,3)16-11(13)10(8-14-16)9-15-6-4-5-7-15/h8H,4-7,9,13H2,1-3H3. The normalized spacial score (nSPS) is 18.2. The van der Waals surface area contributed by atoms with Crippen molar-refractivity contribution in [1.29, 1.82) is 0 Å². The number of nitrogens with zero attached hydrogens (tertiary/aromatic N) is 3. The van der Waals surface area contributed by atoms with Crippen LogP contribution in [0, 0.1) is 0 Å². The highest BCUT2D eigenvalue weighted by atomic mass is 15.3. The third-order valence-electron chi connectivity index (χ3n) is 3.11. The number of hydrogen-bond acceptors (Lipinski definition) is 3. The van der Waals surface area contributed by atoms with Crippen LogP contribution in [0.4, 0.5) is 5.82 Å². The maximum Gasteiger partial charge on any atom is 0.126 e. The van der Waals surface area contributed by atoms with Crippen LogP contribution < -0.4 is 5.73 Å². The fourth-order valence-electron chi connectivity index (χ4n) is 2.23. The summed E-state index contributed by atoms with van der Waals surface area (Å²) in [5.74, 6) is 0.819. The molecule has 0 unspecified atom stereocenters. The first kappa shape index (κ1) is 11.5. The molecule has 0 spiro atoms. The van der Waals surface area contributed by atoms with Crippen LogP contribution in [0.2, 0.25) is 0 Å². The summed E-state index contributed by atoms with van der Waals surface area (Å²) in [6.45, 7) is 9.70. The van der Waals surface area contributed by atoms with Crippen molar-refractivity contribution >= 4 is 5.82 Å². The van der Waals surface area contributed by atoms with Gasteiger partial charge in [0.15, 0.2) is 0 Å². The summed E-state index contributed by atoms with van der Waals surface area (Å²) >= 11 is 0. The maximum atomic E-state index is 6.14. The lowest BCUT2D eigenvalue weighted by atomic mass is 10.1. The van der Waals surface area contributed by atoms with E-state index in [1.54, 1.807) is 0 Å². The van der Waals surface area contributed by atoms with Gasteiger partial charge in [0.05, 0.1) is 11.7 Å². The van der Waals surface area contributed by atoms with Crippen LogP contribution in [0.25, 0.3) is 0 Å². The minimum Gasteiger partial charge on any atom is -0.384 e. The van der Waals surface area contributed by atoms with Gasteiger partial charge in [-0.05, 0) is 46.7 Å². The average Bonchev–Trinajstić information content (AvgIpc) is 2.76. The molecule has 1 aromatic rings. The van der Waals surface area contributed by atoms with Crippen molar-refractivity contribution in [2.24, 2.45) is 0 Å². The molecule has 0 bridgehead atoms. The predicted molar refractivity (Wildman–Crippen MR) is 66.1 cm³/mol. The van der Waals surface area contributed by atoms with Crippen molar-refractivity contribution in [3.05, 3.63) is 11.8 Å². The molecular formula is C12H22N4. The van der Waals surface area contributed by atoms with Crippen molar-refractivity contribution in [2.75, 3.05) is 18.8 Å². The molecule has 90 valence electrons. The smallest absolute Gasteiger partial charge is 0.126 e. The quantitative estimate of drug-likeness (QED) is 0.830. The van der Waals surface area contributed by atoms with Crippen molar-refractivity contribution in [2.45, 2.75) is 45.7 Å². The van der Waals surface area contributed by atoms with Gasteiger partial charge in [0, 0.05) is 12.1 Å². The highest BCUT2D eigenvalue weighted by Gasteiger charge is 2.21. The number of nitrogen functional groups attached to an aromatic ring is 1. The van der Waals surface area contributed by atoms with E-state index in [0.29, 0.717) is 0 Å². The van der Waals surface area contributed by atoms with Crippen LogP contribution in [0.5, 0.6) is 0 Å². The summed E-state index contributed by atoms with van der Waals surface area (Å²) in [5.41, 5.74) is 7.27. The van der Waals surface area contributed by atoms with Crippen LogP contribution in [0.3, 0.4) is 0 Å². The van der Waals surface area contributed by atoms with Crippen molar-refractivity contribution in [3.63, 3.8) is 0 Å². The molecule has 1 aliphatic rings. The van der Waals surface area contributed by atoms with Gasteiger partial charge >= 0.3 is 0 Å². The second kappa shape index (κ2) is 4.09. The number of nitrogens with two attached hydrogens (primary N) is 1. The first-order valence-corrected chi connectivity index (χ1v) is 6.03. The fourth-order valence-corrected chi connectivity index (χ4v) is 2.23. The fraction of sp³-hybridized carbons (Fsp3) is 0.750. The Morgan fingerprint density at radius 1 is 1.31 bits per heavy atom. The van der Waals surface area contributed by atoms with Gasteiger partial charge in [-0.2, -0.15) is 5.10 Å². The van der Waals surface area contributed by atoms with E-state index in [0.717, 1.165) is 17.9 Å². The minimum atomic E-state index is -0.0344. The average molecular weight is 222 g/mol. The zero-order valence-electron chi connectivity index (χ0n) is 10.5. The molecule has 2 rings (SSSR count). The van der Waals surface area contributed by atoms with Crippen molar-refractivity contribution in [3.8, 4) is 0 Å². The Balaban J connectivity index is 2.13. The van der Waals surface area contributed by atoms with Crippen molar-refractivity contribution in [1.82, 2.24) is 14.7 Å². The van der Waals surface area contributed by atoms with Gasteiger partial charge in [-0.25, -0.2) is 4.68 Å². The first-order valence-electron chi connectivity index (χ1n) is 6.03. The molecule has 4 nitrogen and oxygen atoms in total. The van der Waals surface area contributed by atoms with Gasteiger partial charge in [0.2, 0.25) is 0 Å². The number of hydrogen-bond donors (Lipinski definition) is 1. The summed E-state index contributed by atoms with van der Waals surface area (Å²) in [5, 5.41) is 4.39. The van der Waals surface area contributed by atoms with Gasteiger partial charge in [-0.1, -0.05) is 0 Å². The summed E-state index contributed by atoms with van der Waals surface area (Å²) in [4.78, 5) is 2.44. The minimum absolute atomic E-state index is 0.0344. The second-order valence-corrected chi connectivity index (χ2v) is 5.62. The highest BCUT2D eigenvalue weighted by Crippen LogP contribution is 2.23. The van der Waals surface area contributed by atoms with Crippen LogP contribution in [-0.4, -0.2) is 27.8 Å². The Morgan fingerprint density at radius 2 is 1.94 bits per heavy atom. The van der Waals surface area contributed by atoms with Crippen LogP contribution in [0.1, 0.15) is 39.2 Å². The van der Waals surface area contributed by atoms with E-state index in [4.69, 9.17) is 5.73 Å². The monoisotopic (exact) mass is 222 g/mol. The van der Waals surface area contributed by atoms with E-state index >= 15 is 0 Å². The third kappa shape index (κ3) is 2.21. The molecule has 2 heterocycles. The summed E-state index contributed by atoms with van der Waals surface area (Å²) in [6.07, 6.45) is 4.54. The molecule has 4 heteroatoms. The summed E-state index contributed by atoms with van der Waals surface area (Å²) in [6, 6.07) is 0. The molecule has 0 saturated carbocycles. The molecule has 16 heavy (non-hydrogen) atoms. The highest BCUT2D eigenvalue weighted by molar-refractivity contribution is 5.39. The molecule has 1 saturated heterocycles. The topological polar surface area (TPSA) is 47.1 Å². The molecular weight excluding hydrogens is 200 g/mol. The SMILES string of the molecule is CC(C)(C)n1ncc(CN2CCCC2)c1N. The lowest BCUT2D eigenvalue weighted by Gasteiger charge is -2.21. The van der Waals surface area contributed by atoms with E-state index in [1.807, 2.05) is 10.9 Å². The second-order valence-electron chi connectivity index (χ2n) is 5.62. The molecule has 2 N–H and O–H groups in total. The molecule has 1 aromatic heterocycles. The number of rotatable bonds is 2. The molecule has 0 amide bonds. The van der Waals surface area contributed by atoms with Gasteiger partial charge < -0.3 is 5.73 Å². The molecule has 1 aliphatic heterocycles. The van der Waals surface area contributed by atoms with E-state index in [1.165, 1.54) is 25.9 Å². The lowest BCUT2D eigenvalue weighted by molar-refractivity contribution is 0.330. The molecule has 0 atom stereocenters. The third-order valence-corrected chi connectivity index (χ3v) is 3.11. The zero-order valence-corrected chi connectivity index (χ0v) is 10.5. The van der Waals surface area contributed by atoms with Gasteiger partial charge in [0.1, 0.15) is 5.82 Å². The molecule has 0 aromatic carbocycles. The molecule has 0 aliphatic carbocycles. The van der Waals surface area contributed by atoms with Crippen LogP contribution >= 0.6 is 0 Å². The van der Waals surface area contributed by atoms with E-state index in [9.17, 15) is 0 Å². The van der Waals surface area contributed by atoms with E-state index in [-0.39, 0.29) is 5.54 Å². The number of aromatic nitrogens is 2. The largest absolute Gasteiger partial charge is 0.384 e. The summed E-state index contributed by atoms with van der Waals surface area (Å²) < 4.78 is 1.92. The lowest BCUT2D eigenvalue weighted by Crippen LogP contribution is -2.25. The van der Waals surface area contributed by atoms with Gasteiger partial charge in [-0.15, -0.1) is 0 Å². The molecule has 1 fully saturated rings. The Labute approximate surface area is 97.4 Å². The van der Waals surface area contributed by atoms with Crippen LogP contribution in [-0.2, 0) is 12.1 Å². The Kier molecular flexibility index (Phi) is 2.93. The zero-order chi connectivity index (χ0) is 11.8. The first-order chi connectivity index (χ1) is 7.48. The van der Waals surface area contributed by atoms with Gasteiger partial charge in [-0.3, -0.25) is 4.90 Å². The Hall–Kier alpha value is -1.03. The van der Waals surface area contributed by atoms with Crippen LogP contribution in [0.15, 0.2) is 6.20 Å². The molecule has 0 radical (unpaired) electrons. The van der Waals surface area contributed by atoms with Gasteiger partial charge in [0.25, 0.3) is 0 Å². The predicted octanol–water partition coefficient (Wildman–Crippen LogP) is 1.82. The number of likely N-dealkylation sites (tertiary alicyclic amines) is 1. The van der Waals surface area contributed by atoms with E-state index < -0.39 is 0 Å². The van der Waals surface area contributed by atoms with E-state index in [2.05, 4.69) is 30.8 Å².